The van der Waals surface area contributed by atoms with Gasteiger partial charge in [-0.25, -0.2) is 13.8 Å². The maximum atomic E-state index is 12.9. The molecule has 1 aliphatic heterocycles. The van der Waals surface area contributed by atoms with Gasteiger partial charge in [0.2, 0.25) is 17.7 Å². The number of rotatable bonds is 4. The molecule has 0 radical (unpaired) electrons. The number of hydrogen-bond donors (Lipinski definition) is 0. The molecule has 0 spiro atoms. The van der Waals surface area contributed by atoms with Crippen LogP contribution in [0.1, 0.15) is 31.2 Å². The van der Waals surface area contributed by atoms with Gasteiger partial charge >= 0.3 is 0 Å². The fourth-order valence-electron chi connectivity index (χ4n) is 3.18. The molecule has 1 aromatic rings. The van der Waals surface area contributed by atoms with Crippen molar-refractivity contribution in [3.05, 3.63) is 23.9 Å². The molecule has 2 fully saturated rings. The zero-order valence-electron chi connectivity index (χ0n) is 13.3. The Morgan fingerprint density at radius 1 is 1.42 bits per heavy atom. The van der Waals surface area contributed by atoms with Crippen molar-refractivity contribution < 1.29 is 18.3 Å². The molecule has 1 amide bonds. The van der Waals surface area contributed by atoms with E-state index in [0.717, 1.165) is 12.8 Å². The summed E-state index contributed by atoms with van der Waals surface area (Å²) in [6.45, 7) is 1.65. The van der Waals surface area contributed by atoms with Crippen LogP contribution in [0, 0.1) is 23.2 Å². The quantitative estimate of drug-likeness (QED) is 0.848. The Labute approximate surface area is 139 Å². The standard InChI is InChI=1S/C17H19F2N3O2/c18-17(19)8-14(9-17)16(23)22-5-2-12(3-6-22)11-24-15-7-13(10-20)1-4-21-15/h1,4,7,12,14H,2-3,5-6,8-9,11H2. The highest BCUT2D eigenvalue weighted by Gasteiger charge is 2.49. The minimum atomic E-state index is -2.66. The second kappa shape index (κ2) is 6.71. The molecule has 2 heterocycles. The molecule has 128 valence electrons. The predicted octanol–water partition coefficient (Wildman–Crippen LogP) is 2.62. The molecular formula is C17H19F2N3O2. The first-order chi connectivity index (χ1) is 11.5. The van der Waals surface area contributed by atoms with Crippen LogP contribution in [-0.2, 0) is 4.79 Å². The summed E-state index contributed by atoms with van der Waals surface area (Å²) in [5.41, 5.74) is 0.498. The maximum Gasteiger partial charge on any atom is 0.249 e. The average molecular weight is 335 g/mol. The number of amides is 1. The van der Waals surface area contributed by atoms with Crippen molar-refractivity contribution in [1.29, 1.82) is 5.26 Å². The van der Waals surface area contributed by atoms with Crippen molar-refractivity contribution in [3.8, 4) is 11.9 Å². The number of piperidine rings is 1. The molecule has 0 aromatic carbocycles. The largest absolute Gasteiger partial charge is 0.477 e. The second-order valence-corrected chi connectivity index (χ2v) is 6.54. The van der Waals surface area contributed by atoms with Crippen LogP contribution >= 0.6 is 0 Å². The zero-order chi connectivity index (χ0) is 17.2. The fourth-order valence-corrected chi connectivity index (χ4v) is 3.18. The van der Waals surface area contributed by atoms with Crippen molar-refractivity contribution in [2.75, 3.05) is 19.7 Å². The van der Waals surface area contributed by atoms with Gasteiger partial charge in [0, 0.05) is 44.1 Å². The van der Waals surface area contributed by atoms with Crippen molar-refractivity contribution in [2.45, 2.75) is 31.6 Å². The molecule has 0 N–H and O–H groups in total. The topological polar surface area (TPSA) is 66.2 Å². The third-order valence-electron chi connectivity index (χ3n) is 4.70. The summed E-state index contributed by atoms with van der Waals surface area (Å²) in [4.78, 5) is 17.9. The number of alkyl halides is 2. The van der Waals surface area contributed by atoms with Crippen LogP contribution < -0.4 is 4.74 Å². The lowest BCUT2D eigenvalue weighted by molar-refractivity contribution is -0.161. The minimum absolute atomic E-state index is 0.135. The average Bonchev–Trinajstić information content (AvgIpc) is 2.58. The molecule has 1 saturated heterocycles. The number of aromatic nitrogens is 1. The predicted molar refractivity (Wildman–Crippen MR) is 81.4 cm³/mol. The summed E-state index contributed by atoms with van der Waals surface area (Å²) in [6, 6.07) is 5.24. The third kappa shape index (κ3) is 3.81. The van der Waals surface area contributed by atoms with Gasteiger partial charge in [0.1, 0.15) is 0 Å². The first-order valence-electron chi connectivity index (χ1n) is 8.12. The summed E-state index contributed by atoms with van der Waals surface area (Å²) in [6.07, 6.45) is 2.48. The molecule has 5 nitrogen and oxygen atoms in total. The van der Waals surface area contributed by atoms with Gasteiger partial charge in [-0.1, -0.05) is 0 Å². The summed E-state index contributed by atoms with van der Waals surface area (Å²) in [7, 11) is 0. The number of carbonyl (C=O) groups is 1. The van der Waals surface area contributed by atoms with E-state index >= 15 is 0 Å². The van der Waals surface area contributed by atoms with E-state index in [4.69, 9.17) is 10.00 Å². The Bertz CT molecular complexity index is 643. The SMILES string of the molecule is N#Cc1ccnc(OCC2CCN(C(=O)C3CC(F)(F)C3)CC2)c1. The Kier molecular flexibility index (Phi) is 4.65. The highest BCUT2D eigenvalue weighted by Crippen LogP contribution is 2.43. The Morgan fingerprint density at radius 3 is 2.75 bits per heavy atom. The molecule has 0 bridgehead atoms. The molecule has 24 heavy (non-hydrogen) atoms. The van der Waals surface area contributed by atoms with E-state index in [2.05, 4.69) is 4.98 Å². The number of pyridine rings is 1. The van der Waals surface area contributed by atoms with Gasteiger partial charge in [0.05, 0.1) is 18.2 Å². The molecule has 1 aromatic heterocycles. The first-order valence-corrected chi connectivity index (χ1v) is 8.12. The van der Waals surface area contributed by atoms with E-state index in [9.17, 15) is 13.6 Å². The first kappa shape index (κ1) is 16.6. The van der Waals surface area contributed by atoms with E-state index in [1.54, 1.807) is 17.0 Å². The third-order valence-corrected chi connectivity index (χ3v) is 4.70. The monoisotopic (exact) mass is 335 g/mol. The van der Waals surface area contributed by atoms with Gasteiger partial charge in [0.25, 0.3) is 0 Å². The van der Waals surface area contributed by atoms with E-state index in [1.807, 2.05) is 6.07 Å². The van der Waals surface area contributed by atoms with Crippen LogP contribution in [0.5, 0.6) is 5.88 Å². The number of hydrogen-bond acceptors (Lipinski definition) is 4. The summed E-state index contributed by atoms with van der Waals surface area (Å²) in [5, 5.41) is 8.84. The molecule has 3 rings (SSSR count). The summed E-state index contributed by atoms with van der Waals surface area (Å²) in [5.74, 6) is -2.58. The van der Waals surface area contributed by atoms with Gasteiger partial charge in [-0.15, -0.1) is 0 Å². The van der Waals surface area contributed by atoms with Gasteiger partial charge in [-0.3, -0.25) is 4.79 Å². The Morgan fingerprint density at radius 2 is 2.12 bits per heavy atom. The Hall–Kier alpha value is -2.23. The summed E-state index contributed by atoms with van der Waals surface area (Å²) >= 11 is 0. The highest BCUT2D eigenvalue weighted by molar-refractivity contribution is 5.80. The molecule has 0 unspecified atom stereocenters. The molecule has 7 heteroatoms. The van der Waals surface area contributed by atoms with Crippen molar-refractivity contribution in [3.63, 3.8) is 0 Å². The van der Waals surface area contributed by atoms with E-state index in [1.165, 1.54) is 6.20 Å². The molecule has 0 atom stereocenters. The van der Waals surface area contributed by atoms with Gasteiger partial charge in [0.15, 0.2) is 0 Å². The van der Waals surface area contributed by atoms with Gasteiger partial charge in [-0.2, -0.15) is 5.26 Å². The van der Waals surface area contributed by atoms with Crippen LogP contribution in [0.25, 0.3) is 0 Å². The van der Waals surface area contributed by atoms with E-state index in [0.29, 0.717) is 37.1 Å². The van der Waals surface area contributed by atoms with Crippen molar-refractivity contribution in [2.24, 2.45) is 11.8 Å². The smallest absolute Gasteiger partial charge is 0.249 e. The van der Waals surface area contributed by atoms with Crippen LogP contribution in [0.4, 0.5) is 8.78 Å². The summed E-state index contributed by atoms with van der Waals surface area (Å²) < 4.78 is 31.4. The second-order valence-electron chi connectivity index (χ2n) is 6.54. The maximum absolute atomic E-state index is 12.9. The molecule has 1 aliphatic carbocycles. The number of nitriles is 1. The Balaban J connectivity index is 1.42. The van der Waals surface area contributed by atoms with E-state index in [-0.39, 0.29) is 18.7 Å². The van der Waals surface area contributed by atoms with Crippen LogP contribution in [0.2, 0.25) is 0 Å². The molecule has 1 saturated carbocycles. The van der Waals surface area contributed by atoms with Crippen molar-refractivity contribution in [1.82, 2.24) is 9.88 Å². The van der Waals surface area contributed by atoms with Crippen molar-refractivity contribution >= 4 is 5.91 Å². The number of carbonyl (C=O) groups excluding carboxylic acids is 1. The highest BCUT2D eigenvalue weighted by atomic mass is 19.3. The van der Waals surface area contributed by atoms with Gasteiger partial charge in [-0.05, 0) is 24.8 Å². The number of ether oxygens (including phenoxy) is 1. The molecule has 2 aliphatic rings. The normalized spacial score (nSPS) is 21.0. The van der Waals surface area contributed by atoms with Crippen LogP contribution in [-0.4, -0.2) is 41.4 Å². The minimum Gasteiger partial charge on any atom is -0.477 e. The number of nitrogens with zero attached hydrogens (tertiary/aromatic N) is 3. The van der Waals surface area contributed by atoms with E-state index < -0.39 is 11.8 Å². The van der Waals surface area contributed by atoms with Crippen LogP contribution in [0.15, 0.2) is 18.3 Å². The lowest BCUT2D eigenvalue weighted by atomic mass is 9.80. The lowest BCUT2D eigenvalue weighted by Gasteiger charge is -2.39. The van der Waals surface area contributed by atoms with Crippen LogP contribution in [0.3, 0.4) is 0 Å². The number of likely N-dealkylation sites (tertiary alicyclic amines) is 1. The lowest BCUT2D eigenvalue weighted by Crippen LogP contribution is -2.49. The van der Waals surface area contributed by atoms with Gasteiger partial charge < -0.3 is 9.64 Å². The fraction of sp³-hybridized carbons (Fsp3) is 0.588. The number of halogens is 2. The zero-order valence-corrected chi connectivity index (χ0v) is 13.3. The molecular weight excluding hydrogens is 316 g/mol.